The van der Waals surface area contributed by atoms with Crippen LogP contribution in [0.1, 0.15) is 16.7 Å². The van der Waals surface area contributed by atoms with Gasteiger partial charge in [-0.3, -0.25) is 9.10 Å². The van der Waals surface area contributed by atoms with Crippen LogP contribution in [0.2, 0.25) is 0 Å². The van der Waals surface area contributed by atoms with Crippen molar-refractivity contribution in [3.05, 3.63) is 120 Å². The summed E-state index contributed by atoms with van der Waals surface area (Å²) in [6, 6.07) is 31.7. The number of aryl methyl sites for hydroxylation is 2. The van der Waals surface area contributed by atoms with Crippen LogP contribution in [0.25, 0.3) is 21.5 Å². The molecule has 0 atom stereocenters. The van der Waals surface area contributed by atoms with Crippen molar-refractivity contribution in [2.45, 2.75) is 18.7 Å². The number of carbonyl (C=O) groups is 1. The Kier molecular flexibility index (Phi) is 6.94. The molecule has 7 heteroatoms. The van der Waals surface area contributed by atoms with E-state index in [-0.39, 0.29) is 4.90 Å². The molecule has 0 aliphatic rings. The number of hydrazone groups is 1. The largest absolute Gasteiger partial charge is 0.271 e. The molecular weight excluding hydrogens is 494 g/mol. The Morgan fingerprint density at radius 2 is 1.42 bits per heavy atom. The number of carbonyl (C=O) groups excluding carboxylic acids is 1. The highest BCUT2D eigenvalue weighted by Gasteiger charge is 2.28. The lowest BCUT2D eigenvalue weighted by molar-refractivity contribution is -0.119. The van der Waals surface area contributed by atoms with E-state index in [0.717, 1.165) is 42.5 Å². The molecule has 0 aliphatic heterocycles. The number of fused-ring (bicyclic) bond motifs is 2. The van der Waals surface area contributed by atoms with Crippen molar-refractivity contribution in [3.8, 4) is 0 Å². The number of hydrogen-bond acceptors (Lipinski definition) is 4. The fraction of sp³-hybridized carbons (Fsp3) is 0.0968. The quantitative estimate of drug-likeness (QED) is 0.163. The van der Waals surface area contributed by atoms with E-state index < -0.39 is 22.5 Å². The van der Waals surface area contributed by atoms with Gasteiger partial charge in [-0.15, -0.1) is 0 Å². The van der Waals surface area contributed by atoms with Gasteiger partial charge in [-0.1, -0.05) is 84.4 Å². The summed E-state index contributed by atoms with van der Waals surface area (Å²) in [6.07, 6.45) is 1.62. The molecule has 6 nitrogen and oxygen atoms in total. The van der Waals surface area contributed by atoms with Crippen LogP contribution in [-0.4, -0.2) is 27.1 Å². The molecule has 0 fully saturated rings. The van der Waals surface area contributed by atoms with E-state index in [1.165, 1.54) is 12.1 Å². The van der Waals surface area contributed by atoms with Crippen molar-refractivity contribution in [2.24, 2.45) is 5.10 Å². The predicted octanol–water partition coefficient (Wildman–Crippen LogP) is 5.96. The third-order valence-electron chi connectivity index (χ3n) is 6.44. The Morgan fingerprint density at radius 1 is 0.816 bits per heavy atom. The van der Waals surface area contributed by atoms with Crippen LogP contribution in [-0.2, 0) is 14.8 Å². The number of anilines is 1. The monoisotopic (exact) mass is 521 g/mol. The van der Waals surface area contributed by atoms with E-state index in [1.807, 2.05) is 74.5 Å². The Labute approximate surface area is 222 Å². The molecule has 0 saturated heterocycles. The highest BCUT2D eigenvalue weighted by Crippen LogP contribution is 2.28. The smallest absolute Gasteiger partial charge is 0.264 e. The summed E-state index contributed by atoms with van der Waals surface area (Å²) in [4.78, 5) is 13.2. The van der Waals surface area contributed by atoms with Crippen LogP contribution in [0.15, 0.2) is 113 Å². The summed E-state index contributed by atoms with van der Waals surface area (Å²) >= 11 is 0. The average Bonchev–Trinajstić information content (AvgIpc) is 2.92. The molecule has 5 aromatic carbocycles. The molecule has 1 N–H and O–H groups in total. The Bertz CT molecular complexity index is 1730. The van der Waals surface area contributed by atoms with Gasteiger partial charge >= 0.3 is 0 Å². The normalized spacial score (nSPS) is 11.7. The number of nitrogens with one attached hydrogen (secondary N) is 1. The third-order valence-corrected chi connectivity index (χ3v) is 8.21. The number of nitrogens with zero attached hydrogens (tertiary/aromatic N) is 2. The lowest BCUT2D eigenvalue weighted by Crippen LogP contribution is -2.40. The molecule has 5 aromatic rings. The lowest BCUT2D eigenvalue weighted by Gasteiger charge is -2.25. The van der Waals surface area contributed by atoms with Crippen molar-refractivity contribution in [1.29, 1.82) is 0 Å². The van der Waals surface area contributed by atoms with Crippen LogP contribution in [0.5, 0.6) is 0 Å². The molecule has 0 bridgehead atoms. The first-order valence-corrected chi connectivity index (χ1v) is 13.7. The van der Waals surface area contributed by atoms with Gasteiger partial charge < -0.3 is 0 Å². The molecular formula is C31H27N3O3S. The average molecular weight is 522 g/mol. The Hall–Kier alpha value is -4.49. The minimum atomic E-state index is -4.00. The summed E-state index contributed by atoms with van der Waals surface area (Å²) in [5.41, 5.74) is 5.61. The topological polar surface area (TPSA) is 78.8 Å². The molecule has 0 heterocycles. The van der Waals surface area contributed by atoms with Gasteiger partial charge in [0.05, 0.1) is 16.8 Å². The van der Waals surface area contributed by atoms with Crippen LogP contribution in [0, 0.1) is 13.8 Å². The summed E-state index contributed by atoms with van der Waals surface area (Å²) in [5, 5.41) is 8.38. The second-order valence-electron chi connectivity index (χ2n) is 9.14. The van der Waals surface area contributed by atoms with Gasteiger partial charge in [0, 0.05) is 5.56 Å². The molecule has 0 radical (unpaired) electrons. The van der Waals surface area contributed by atoms with E-state index >= 15 is 0 Å². The first kappa shape index (κ1) is 25.2. The first-order chi connectivity index (χ1) is 18.3. The SMILES string of the molecule is Cc1ccc(N(CC(=O)N/N=C\c2c3ccccc3cc3ccccc23)S(=O)(=O)c2ccccc2)c(C)c1. The molecule has 190 valence electrons. The summed E-state index contributed by atoms with van der Waals surface area (Å²) in [5.74, 6) is -0.551. The van der Waals surface area contributed by atoms with Crippen LogP contribution in [0.4, 0.5) is 5.69 Å². The summed E-state index contributed by atoms with van der Waals surface area (Å²) < 4.78 is 28.3. The lowest BCUT2D eigenvalue weighted by atomic mass is 9.97. The highest BCUT2D eigenvalue weighted by molar-refractivity contribution is 7.92. The summed E-state index contributed by atoms with van der Waals surface area (Å²) in [7, 11) is -4.00. The van der Waals surface area contributed by atoms with E-state index in [9.17, 15) is 13.2 Å². The van der Waals surface area contributed by atoms with Crippen molar-refractivity contribution >= 4 is 49.4 Å². The van der Waals surface area contributed by atoms with E-state index in [0.29, 0.717) is 5.69 Å². The van der Waals surface area contributed by atoms with E-state index in [4.69, 9.17) is 0 Å². The zero-order valence-electron chi connectivity index (χ0n) is 21.1. The molecule has 0 aromatic heterocycles. The molecule has 0 unspecified atom stereocenters. The number of sulfonamides is 1. The van der Waals surface area contributed by atoms with E-state index in [1.54, 1.807) is 30.5 Å². The molecule has 0 saturated carbocycles. The van der Waals surface area contributed by atoms with Gasteiger partial charge in [0.15, 0.2) is 0 Å². The number of amides is 1. The first-order valence-electron chi connectivity index (χ1n) is 12.2. The summed E-state index contributed by atoms with van der Waals surface area (Å²) in [6.45, 7) is 3.34. The maximum absolute atomic E-state index is 13.6. The molecule has 5 rings (SSSR count). The maximum Gasteiger partial charge on any atom is 0.264 e. The molecule has 0 aliphatic carbocycles. The molecule has 1 amide bonds. The van der Waals surface area contributed by atoms with Gasteiger partial charge in [0.25, 0.3) is 15.9 Å². The van der Waals surface area contributed by atoms with Crippen LogP contribution >= 0.6 is 0 Å². The predicted molar refractivity (Wildman–Crippen MR) is 154 cm³/mol. The zero-order valence-corrected chi connectivity index (χ0v) is 21.9. The zero-order chi connectivity index (χ0) is 26.7. The second kappa shape index (κ2) is 10.5. The number of rotatable bonds is 7. The van der Waals surface area contributed by atoms with Gasteiger partial charge in [-0.05, 0) is 65.2 Å². The molecule has 38 heavy (non-hydrogen) atoms. The van der Waals surface area contributed by atoms with Crippen LogP contribution in [0.3, 0.4) is 0 Å². The van der Waals surface area contributed by atoms with Crippen LogP contribution < -0.4 is 9.73 Å². The van der Waals surface area contributed by atoms with Crippen molar-refractivity contribution in [1.82, 2.24) is 5.43 Å². The van der Waals surface area contributed by atoms with Gasteiger partial charge in [-0.25, -0.2) is 13.8 Å². The van der Waals surface area contributed by atoms with Gasteiger partial charge in [0.1, 0.15) is 6.54 Å². The minimum absolute atomic E-state index is 0.110. The minimum Gasteiger partial charge on any atom is -0.271 e. The Balaban J connectivity index is 1.46. The van der Waals surface area contributed by atoms with Crippen molar-refractivity contribution < 1.29 is 13.2 Å². The van der Waals surface area contributed by atoms with Crippen molar-refractivity contribution in [3.63, 3.8) is 0 Å². The maximum atomic E-state index is 13.6. The van der Waals surface area contributed by atoms with E-state index in [2.05, 4.69) is 16.6 Å². The molecule has 0 spiro atoms. The standard InChI is InChI=1S/C31H27N3O3S/c1-22-16-17-30(23(2)18-22)34(38(36,37)26-12-4-3-5-13-26)21-31(35)33-32-20-29-27-14-8-6-10-24(27)19-25-11-7-9-15-28(25)29/h3-20H,21H2,1-2H3,(H,33,35)/b32-20-. The number of hydrogen-bond donors (Lipinski definition) is 1. The fourth-order valence-corrected chi connectivity index (χ4v) is 6.13. The van der Waals surface area contributed by atoms with Crippen molar-refractivity contribution in [2.75, 3.05) is 10.8 Å². The second-order valence-corrected chi connectivity index (χ2v) is 11.0. The third kappa shape index (κ3) is 5.01. The van der Waals surface area contributed by atoms with Gasteiger partial charge in [0.2, 0.25) is 0 Å². The number of benzene rings is 5. The fourth-order valence-electron chi connectivity index (χ4n) is 4.63. The highest BCUT2D eigenvalue weighted by atomic mass is 32.2. The Morgan fingerprint density at radius 3 is 2.05 bits per heavy atom. The van der Waals surface area contributed by atoms with Gasteiger partial charge in [-0.2, -0.15) is 5.10 Å².